The van der Waals surface area contributed by atoms with Crippen molar-refractivity contribution in [2.24, 2.45) is 7.05 Å². The third kappa shape index (κ3) is 3.11. The molecule has 4 aromatic rings. The highest BCUT2D eigenvalue weighted by molar-refractivity contribution is 6.01. The van der Waals surface area contributed by atoms with E-state index in [2.05, 4.69) is 15.3 Å². The van der Waals surface area contributed by atoms with Gasteiger partial charge in [-0.2, -0.15) is 0 Å². The average Bonchev–Trinajstić information content (AvgIpc) is 3.31. The largest absolute Gasteiger partial charge is 0.383 e. The minimum Gasteiger partial charge on any atom is -0.383 e. The Balaban J connectivity index is 1.49. The van der Waals surface area contributed by atoms with Crippen molar-refractivity contribution in [2.75, 3.05) is 17.2 Å². The Labute approximate surface area is 180 Å². The second-order valence-corrected chi connectivity index (χ2v) is 7.55. The third-order valence-electron chi connectivity index (χ3n) is 5.58. The van der Waals surface area contributed by atoms with E-state index in [1.54, 1.807) is 23.9 Å². The molecule has 2 aromatic heterocycles. The maximum absolute atomic E-state index is 15.2. The van der Waals surface area contributed by atoms with E-state index in [0.717, 1.165) is 18.2 Å². The average molecular weight is 438 g/mol. The van der Waals surface area contributed by atoms with E-state index >= 15 is 4.39 Å². The lowest BCUT2D eigenvalue weighted by molar-refractivity contribution is 0.251. The van der Waals surface area contributed by atoms with Gasteiger partial charge in [0.25, 0.3) is 0 Å². The summed E-state index contributed by atoms with van der Waals surface area (Å²) in [6.45, 7) is 0.0209. The van der Waals surface area contributed by atoms with Gasteiger partial charge >= 0.3 is 6.03 Å². The molecule has 2 aromatic carbocycles. The number of benzene rings is 2. The van der Waals surface area contributed by atoms with Gasteiger partial charge < -0.3 is 15.6 Å². The van der Waals surface area contributed by atoms with Gasteiger partial charge in [-0.25, -0.2) is 27.9 Å². The molecule has 0 bridgehead atoms. The SMILES string of the molecule is Cn1cc(-c2ccc(N3CC(c4cc(F)ccc4F)NC3=O)cc2F)c2c(N)ncnc21. The van der Waals surface area contributed by atoms with Crippen molar-refractivity contribution in [1.29, 1.82) is 0 Å². The number of anilines is 2. The molecule has 7 nitrogen and oxygen atoms in total. The molecule has 2 amide bonds. The van der Waals surface area contributed by atoms with E-state index in [1.165, 1.54) is 23.4 Å². The van der Waals surface area contributed by atoms with E-state index in [4.69, 9.17) is 5.73 Å². The quantitative estimate of drug-likeness (QED) is 0.508. The number of hydrogen-bond acceptors (Lipinski definition) is 4. The van der Waals surface area contributed by atoms with Gasteiger partial charge in [0.15, 0.2) is 0 Å². The van der Waals surface area contributed by atoms with Crippen LogP contribution >= 0.6 is 0 Å². The molecule has 1 aliphatic rings. The van der Waals surface area contributed by atoms with Crippen LogP contribution in [0.4, 0.5) is 29.5 Å². The molecule has 3 heterocycles. The summed E-state index contributed by atoms with van der Waals surface area (Å²) in [7, 11) is 1.77. The number of nitrogens with zero attached hydrogens (tertiary/aromatic N) is 4. The van der Waals surface area contributed by atoms with Crippen LogP contribution in [0.25, 0.3) is 22.2 Å². The van der Waals surface area contributed by atoms with Gasteiger partial charge in [0, 0.05) is 35.6 Å². The number of rotatable bonds is 3. The number of nitrogen functional groups attached to an aromatic ring is 1. The molecule has 1 fully saturated rings. The molecule has 1 aliphatic heterocycles. The highest BCUT2D eigenvalue weighted by atomic mass is 19.1. The first-order chi connectivity index (χ1) is 15.3. The van der Waals surface area contributed by atoms with Crippen LogP contribution in [-0.2, 0) is 7.05 Å². The zero-order valence-electron chi connectivity index (χ0n) is 16.8. The van der Waals surface area contributed by atoms with Crippen LogP contribution in [0.5, 0.6) is 0 Å². The molecule has 3 N–H and O–H groups in total. The molecule has 1 saturated heterocycles. The molecule has 1 atom stereocenters. The molecule has 0 spiro atoms. The van der Waals surface area contributed by atoms with Crippen LogP contribution in [0.3, 0.4) is 0 Å². The number of halogens is 3. The highest BCUT2D eigenvalue weighted by Gasteiger charge is 2.33. The minimum atomic E-state index is -0.768. The lowest BCUT2D eigenvalue weighted by atomic mass is 10.0. The van der Waals surface area contributed by atoms with Crippen LogP contribution in [0.1, 0.15) is 11.6 Å². The number of hydrogen-bond donors (Lipinski definition) is 2. The first-order valence-corrected chi connectivity index (χ1v) is 9.72. The summed E-state index contributed by atoms with van der Waals surface area (Å²) < 4.78 is 44.6. The molecular formula is C22H17F3N6O. The standard InChI is InChI=1S/C22H17F3N6O/c1-30-8-15(19-20(26)27-10-28-21(19)30)13-4-3-12(7-17(13)25)31-9-18(29-22(31)32)14-6-11(23)2-5-16(14)24/h2-8,10,18H,9H2,1H3,(H,29,32)(H2,26,27,28). The van der Waals surface area contributed by atoms with Crippen LogP contribution in [-0.4, -0.2) is 27.1 Å². The van der Waals surface area contributed by atoms with E-state index in [0.29, 0.717) is 16.6 Å². The summed E-state index contributed by atoms with van der Waals surface area (Å²) in [5.74, 6) is -1.59. The minimum absolute atomic E-state index is 0.0209. The topological polar surface area (TPSA) is 89.1 Å². The number of aromatic nitrogens is 3. The number of amides is 2. The number of fused-ring (bicyclic) bond motifs is 1. The van der Waals surface area contributed by atoms with E-state index < -0.39 is 29.5 Å². The normalized spacial score (nSPS) is 16.1. The van der Waals surface area contributed by atoms with Gasteiger partial charge in [-0.1, -0.05) is 0 Å². The Bertz CT molecular complexity index is 1390. The Morgan fingerprint density at radius 2 is 1.88 bits per heavy atom. The predicted octanol–water partition coefficient (Wildman–Crippen LogP) is 3.91. The van der Waals surface area contributed by atoms with Crippen LogP contribution in [0.2, 0.25) is 0 Å². The number of carbonyl (C=O) groups is 1. The maximum atomic E-state index is 15.2. The van der Waals surface area contributed by atoms with Crippen molar-refractivity contribution < 1.29 is 18.0 Å². The van der Waals surface area contributed by atoms with Crippen LogP contribution in [0, 0.1) is 17.5 Å². The summed E-state index contributed by atoms with van der Waals surface area (Å²) in [5, 5.41) is 3.14. The van der Waals surface area contributed by atoms with Crippen molar-refractivity contribution in [2.45, 2.75) is 6.04 Å². The van der Waals surface area contributed by atoms with Crippen molar-refractivity contribution in [3.63, 3.8) is 0 Å². The van der Waals surface area contributed by atoms with Crippen LogP contribution in [0.15, 0.2) is 48.9 Å². The maximum Gasteiger partial charge on any atom is 0.322 e. The Hall–Kier alpha value is -4.08. The summed E-state index contributed by atoms with van der Waals surface area (Å²) in [4.78, 5) is 21.9. The number of nitrogens with two attached hydrogens (primary N) is 1. The number of aryl methyl sites for hydroxylation is 1. The molecule has 5 rings (SSSR count). The van der Waals surface area contributed by atoms with Gasteiger partial charge in [0.05, 0.1) is 18.0 Å². The fourth-order valence-corrected chi connectivity index (χ4v) is 4.05. The fraction of sp³-hybridized carbons (Fsp3) is 0.136. The Morgan fingerprint density at radius 1 is 1.06 bits per heavy atom. The molecular weight excluding hydrogens is 421 g/mol. The Morgan fingerprint density at radius 3 is 2.66 bits per heavy atom. The molecule has 0 aliphatic carbocycles. The molecule has 0 saturated carbocycles. The first kappa shape index (κ1) is 19.9. The smallest absolute Gasteiger partial charge is 0.322 e. The zero-order valence-corrected chi connectivity index (χ0v) is 16.8. The highest BCUT2D eigenvalue weighted by Crippen LogP contribution is 2.36. The van der Waals surface area contributed by atoms with Gasteiger partial charge in [0.2, 0.25) is 0 Å². The monoisotopic (exact) mass is 438 g/mol. The second-order valence-electron chi connectivity index (χ2n) is 7.55. The van der Waals surface area contributed by atoms with E-state index in [-0.39, 0.29) is 29.2 Å². The molecule has 32 heavy (non-hydrogen) atoms. The fourth-order valence-electron chi connectivity index (χ4n) is 4.05. The third-order valence-corrected chi connectivity index (χ3v) is 5.58. The second kappa shape index (κ2) is 7.26. The van der Waals surface area contributed by atoms with Crippen LogP contribution < -0.4 is 16.0 Å². The number of urea groups is 1. The van der Waals surface area contributed by atoms with Gasteiger partial charge in [-0.05, 0) is 36.4 Å². The lowest BCUT2D eigenvalue weighted by Gasteiger charge is -2.16. The lowest BCUT2D eigenvalue weighted by Crippen LogP contribution is -2.27. The molecule has 0 radical (unpaired) electrons. The zero-order chi connectivity index (χ0) is 22.6. The summed E-state index contributed by atoms with van der Waals surface area (Å²) >= 11 is 0. The van der Waals surface area contributed by atoms with Crippen molar-refractivity contribution in [3.05, 3.63) is 71.9 Å². The molecule has 1 unspecified atom stereocenters. The van der Waals surface area contributed by atoms with E-state index in [9.17, 15) is 13.6 Å². The number of nitrogens with one attached hydrogen (secondary N) is 1. The molecule has 162 valence electrons. The summed E-state index contributed by atoms with van der Waals surface area (Å²) in [5.41, 5.74) is 7.67. The van der Waals surface area contributed by atoms with Crippen molar-refractivity contribution >= 4 is 28.6 Å². The number of carbonyl (C=O) groups excluding carboxylic acids is 1. The first-order valence-electron chi connectivity index (χ1n) is 9.72. The summed E-state index contributed by atoms with van der Waals surface area (Å²) in [6.07, 6.45) is 3.05. The Kier molecular flexibility index (Phi) is 4.50. The van der Waals surface area contributed by atoms with Gasteiger partial charge in [-0.15, -0.1) is 0 Å². The molecule has 10 heteroatoms. The van der Waals surface area contributed by atoms with Gasteiger partial charge in [-0.3, -0.25) is 4.90 Å². The van der Waals surface area contributed by atoms with Crippen molar-refractivity contribution in [3.8, 4) is 11.1 Å². The van der Waals surface area contributed by atoms with E-state index in [1.807, 2.05) is 0 Å². The summed E-state index contributed by atoms with van der Waals surface area (Å²) in [6, 6.07) is 6.10. The van der Waals surface area contributed by atoms with Gasteiger partial charge in [0.1, 0.15) is 35.2 Å². The predicted molar refractivity (Wildman–Crippen MR) is 113 cm³/mol. The van der Waals surface area contributed by atoms with Crippen molar-refractivity contribution in [1.82, 2.24) is 19.9 Å².